The molecule has 23 heavy (non-hydrogen) atoms. The van der Waals surface area contributed by atoms with E-state index in [1.165, 1.54) is 0 Å². The minimum absolute atomic E-state index is 0.348. The predicted octanol–water partition coefficient (Wildman–Crippen LogP) is 2.99. The van der Waals surface area contributed by atoms with Crippen molar-refractivity contribution >= 4 is 17.5 Å². The highest BCUT2D eigenvalue weighted by molar-refractivity contribution is 6.30. The van der Waals surface area contributed by atoms with Gasteiger partial charge < -0.3 is 9.88 Å². The van der Waals surface area contributed by atoms with Crippen LogP contribution in [0.3, 0.4) is 0 Å². The molecule has 0 saturated carbocycles. The Balaban J connectivity index is 1.50. The lowest BCUT2D eigenvalue weighted by Gasteiger charge is -2.36. The smallest absolute Gasteiger partial charge is 0.222 e. The molecule has 2 aliphatic heterocycles. The first-order valence-electron chi connectivity index (χ1n) is 8.92. The van der Waals surface area contributed by atoms with Gasteiger partial charge in [-0.3, -0.25) is 9.69 Å². The summed E-state index contributed by atoms with van der Waals surface area (Å²) < 4.78 is 0. The van der Waals surface area contributed by atoms with Gasteiger partial charge in [-0.2, -0.15) is 0 Å². The van der Waals surface area contributed by atoms with Crippen LogP contribution in [0.2, 0.25) is 5.15 Å². The van der Waals surface area contributed by atoms with Crippen LogP contribution >= 0.6 is 11.6 Å². The normalized spacial score (nSPS) is 20.6. The van der Waals surface area contributed by atoms with Crippen molar-refractivity contribution in [3.63, 3.8) is 0 Å². The Morgan fingerprint density at radius 1 is 1.30 bits per heavy atom. The Bertz CT molecular complexity index is 537. The van der Waals surface area contributed by atoms with Crippen molar-refractivity contribution in [2.24, 2.45) is 0 Å². The first-order chi connectivity index (χ1) is 11.2. The van der Waals surface area contributed by atoms with Gasteiger partial charge in [0.2, 0.25) is 5.91 Å². The second-order valence-corrected chi connectivity index (χ2v) is 7.11. The SMILES string of the molecule is CCCCc1nc(Cl)c(CN2CCC(N3CCCC3=O)CC2)[nH]1. The summed E-state index contributed by atoms with van der Waals surface area (Å²) in [5.41, 5.74) is 1.04. The minimum Gasteiger partial charge on any atom is -0.344 e. The molecule has 2 aliphatic rings. The number of halogens is 1. The topological polar surface area (TPSA) is 52.2 Å². The second kappa shape index (κ2) is 7.67. The van der Waals surface area contributed by atoms with Crippen molar-refractivity contribution in [3.8, 4) is 0 Å². The number of aryl methyl sites for hydroxylation is 1. The van der Waals surface area contributed by atoms with Crippen molar-refractivity contribution in [2.75, 3.05) is 19.6 Å². The number of nitrogens with one attached hydrogen (secondary N) is 1. The Labute approximate surface area is 143 Å². The zero-order chi connectivity index (χ0) is 16.2. The maximum atomic E-state index is 11.9. The number of hydrogen-bond acceptors (Lipinski definition) is 3. The fourth-order valence-corrected chi connectivity index (χ4v) is 3.88. The van der Waals surface area contributed by atoms with Gasteiger partial charge in [0.1, 0.15) is 5.82 Å². The number of carbonyl (C=O) groups is 1. The van der Waals surface area contributed by atoms with E-state index in [0.29, 0.717) is 17.1 Å². The highest BCUT2D eigenvalue weighted by Gasteiger charge is 2.30. The maximum absolute atomic E-state index is 11.9. The Hall–Kier alpha value is -1.07. The van der Waals surface area contributed by atoms with Crippen LogP contribution in [0.25, 0.3) is 0 Å². The van der Waals surface area contributed by atoms with Gasteiger partial charge in [0, 0.05) is 45.1 Å². The highest BCUT2D eigenvalue weighted by atomic mass is 35.5. The van der Waals surface area contributed by atoms with Crippen molar-refractivity contribution in [2.45, 2.75) is 64.5 Å². The predicted molar refractivity (Wildman–Crippen MR) is 91.5 cm³/mol. The van der Waals surface area contributed by atoms with E-state index in [-0.39, 0.29) is 0 Å². The molecule has 6 heteroatoms. The van der Waals surface area contributed by atoms with Gasteiger partial charge in [-0.1, -0.05) is 24.9 Å². The molecular formula is C17H27ClN4O. The fourth-order valence-electron chi connectivity index (χ4n) is 3.67. The summed E-state index contributed by atoms with van der Waals surface area (Å²) in [6, 6.07) is 0.443. The standard InChI is InChI=1S/C17H27ClN4O/c1-2-3-5-15-19-14(17(18)20-15)12-21-10-7-13(8-11-21)22-9-4-6-16(22)23/h13H,2-12H2,1H3,(H,19,20). The van der Waals surface area contributed by atoms with Gasteiger partial charge in [0.15, 0.2) is 5.15 Å². The van der Waals surface area contributed by atoms with Crippen LogP contribution in [0.1, 0.15) is 57.0 Å². The zero-order valence-corrected chi connectivity index (χ0v) is 14.7. The summed E-state index contributed by atoms with van der Waals surface area (Å²) in [6.45, 7) is 6.01. The molecule has 0 radical (unpaired) electrons. The summed E-state index contributed by atoms with van der Waals surface area (Å²) in [4.78, 5) is 24.2. The van der Waals surface area contributed by atoms with E-state index in [1.54, 1.807) is 0 Å². The maximum Gasteiger partial charge on any atom is 0.222 e. The van der Waals surface area contributed by atoms with Crippen LogP contribution in [0, 0.1) is 0 Å². The molecule has 3 rings (SSSR count). The summed E-state index contributed by atoms with van der Waals surface area (Å²) in [7, 11) is 0. The molecule has 1 amide bonds. The average molecular weight is 339 g/mol. The molecule has 1 aromatic heterocycles. The molecule has 128 valence electrons. The number of likely N-dealkylation sites (tertiary alicyclic amines) is 2. The fraction of sp³-hybridized carbons (Fsp3) is 0.765. The van der Waals surface area contributed by atoms with E-state index in [4.69, 9.17) is 11.6 Å². The lowest BCUT2D eigenvalue weighted by atomic mass is 10.0. The van der Waals surface area contributed by atoms with Gasteiger partial charge in [0.25, 0.3) is 0 Å². The third-order valence-electron chi connectivity index (χ3n) is 5.03. The molecule has 3 heterocycles. The monoisotopic (exact) mass is 338 g/mol. The molecule has 0 atom stereocenters. The van der Waals surface area contributed by atoms with Crippen LogP contribution in [-0.4, -0.2) is 51.4 Å². The number of unbranched alkanes of at least 4 members (excludes halogenated alkanes) is 1. The van der Waals surface area contributed by atoms with Gasteiger partial charge in [-0.15, -0.1) is 0 Å². The lowest BCUT2D eigenvalue weighted by Crippen LogP contribution is -2.45. The number of aromatic amines is 1. The van der Waals surface area contributed by atoms with E-state index < -0.39 is 0 Å². The molecule has 2 fully saturated rings. The van der Waals surface area contributed by atoms with Crippen LogP contribution in [0.4, 0.5) is 0 Å². The van der Waals surface area contributed by atoms with Gasteiger partial charge in [-0.25, -0.2) is 4.98 Å². The van der Waals surface area contributed by atoms with E-state index in [2.05, 4.69) is 26.7 Å². The molecular weight excluding hydrogens is 312 g/mol. The number of hydrogen-bond donors (Lipinski definition) is 1. The van der Waals surface area contributed by atoms with Gasteiger partial charge in [-0.05, 0) is 25.7 Å². The number of imidazole rings is 1. The molecule has 5 nitrogen and oxygen atoms in total. The lowest BCUT2D eigenvalue weighted by molar-refractivity contribution is -0.130. The molecule has 0 bridgehead atoms. The molecule has 0 spiro atoms. The van der Waals surface area contributed by atoms with Crippen LogP contribution < -0.4 is 0 Å². The van der Waals surface area contributed by atoms with Crippen LogP contribution in [0.15, 0.2) is 0 Å². The number of rotatable bonds is 6. The minimum atomic E-state index is 0.348. The number of carbonyl (C=O) groups excluding carboxylic acids is 1. The zero-order valence-electron chi connectivity index (χ0n) is 14.0. The number of nitrogens with zero attached hydrogens (tertiary/aromatic N) is 3. The van der Waals surface area contributed by atoms with Crippen LogP contribution in [-0.2, 0) is 17.8 Å². The van der Waals surface area contributed by atoms with Crippen molar-refractivity contribution in [3.05, 3.63) is 16.7 Å². The number of H-pyrrole nitrogens is 1. The third kappa shape index (κ3) is 4.07. The molecule has 1 N–H and O–H groups in total. The average Bonchev–Trinajstić information content (AvgIpc) is 3.12. The summed E-state index contributed by atoms with van der Waals surface area (Å²) in [5, 5.41) is 0.618. The van der Waals surface area contributed by atoms with Gasteiger partial charge >= 0.3 is 0 Å². The number of aromatic nitrogens is 2. The van der Waals surface area contributed by atoms with Crippen LogP contribution in [0.5, 0.6) is 0 Å². The van der Waals surface area contributed by atoms with E-state index in [0.717, 1.165) is 82.6 Å². The van der Waals surface area contributed by atoms with Crippen molar-refractivity contribution in [1.29, 1.82) is 0 Å². The Morgan fingerprint density at radius 3 is 2.74 bits per heavy atom. The molecule has 0 aliphatic carbocycles. The second-order valence-electron chi connectivity index (χ2n) is 6.75. The Kier molecular flexibility index (Phi) is 5.59. The van der Waals surface area contributed by atoms with E-state index in [1.807, 2.05) is 0 Å². The first kappa shape index (κ1) is 16.8. The molecule has 2 saturated heterocycles. The van der Waals surface area contributed by atoms with Crippen molar-refractivity contribution < 1.29 is 4.79 Å². The molecule has 0 aromatic carbocycles. The van der Waals surface area contributed by atoms with E-state index in [9.17, 15) is 4.79 Å². The number of amides is 1. The van der Waals surface area contributed by atoms with Crippen molar-refractivity contribution in [1.82, 2.24) is 19.8 Å². The Morgan fingerprint density at radius 2 is 2.09 bits per heavy atom. The first-order valence-corrected chi connectivity index (χ1v) is 9.30. The largest absolute Gasteiger partial charge is 0.344 e. The summed E-state index contributed by atoms with van der Waals surface area (Å²) >= 11 is 6.27. The van der Waals surface area contributed by atoms with E-state index >= 15 is 0 Å². The quantitative estimate of drug-likeness (QED) is 0.867. The third-order valence-corrected chi connectivity index (χ3v) is 5.35. The molecule has 0 unspecified atom stereocenters. The summed E-state index contributed by atoms with van der Waals surface area (Å²) in [6.07, 6.45) is 7.18. The molecule has 1 aromatic rings. The number of piperidine rings is 1. The summed E-state index contributed by atoms with van der Waals surface area (Å²) in [5.74, 6) is 1.35. The highest BCUT2D eigenvalue weighted by Crippen LogP contribution is 2.24. The van der Waals surface area contributed by atoms with Gasteiger partial charge in [0.05, 0.1) is 5.69 Å².